The lowest BCUT2D eigenvalue weighted by Crippen LogP contribution is -1.97. The molecule has 0 atom stereocenters. The average molecular weight is 474 g/mol. The summed E-state index contributed by atoms with van der Waals surface area (Å²) in [6.07, 6.45) is 8.05. The predicted octanol–water partition coefficient (Wildman–Crippen LogP) is 8.11. The number of aliphatic imine (C=N–C) groups is 1. The van der Waals surface area contributed by atoms with E-state index in [1.54, 1.807) is 0 Å². The Kier molecular flexibility index (Phi) is 17.4. The van der Waals surface area contributed by atoms with Crippen molar-refractivity contribution >= 4 is 30.1 Å². The first-order valence-electron chi connectivity index (χ1n) is 11.6. The topological polar surface area (TPSA) is 58.9 Å². The van der Waals surface area contributed by atoms with Crippen molar-refractivity contribution in [1.82, 2.24) is 0 Å². The summed E-state index contributed by atoms with van der Waals surface area (Å²) in [6, 6.07) is 18.0. The lowest BCUT2D eigenvalue weighted by Gasteiger charge is -1.96. The van der Waals surface area contributed by atoms with Crippen LogP contribution in [0.3, 0.4) is 0 Å². The van der Waals surface area contributed by atoms with Gasteiger partial charge in [-0.15, -0.1) is 0 Å². The number of ether oxygens (including phenoxy) is 1. The second-order valence-electron chi connectivity index (χ2n) is 7.48. The SMILES string of the molecule is C=C(C)C1=NCCO1.C=C(CCCC)C(=O)O.C=Cc1ccccc1.C=Cc1ccccc1C=C. The second kappa shape index (κ2) is 19.5. The Morgan fingerprint density at radius 2 is 1.51 bits per heavy atom. The molecule has 0 aromatic heterocycles. The van der Waals surface area contributed by atoms with Crippen LogP contribution in [-0.4, -0.2) is 30.1 Å². The van der Waals surface area contributed by atoms with Crippen LogP contribution in [0.5, 0.6) is 0 Å². The Morgan fingerprint density at radius 1 is 0.971 bits per heavy atom. The van der Waals surface area contributed by atoms with Gasteiger partial charge >= 0.3 is 5.97 Å². The van der Waals surface area contributed by atoms with Gasteiger partial charge in [0.15, 0.2) is 0 Å². The van der Waals surface area contributed by atoms with Gasteiger partial charge in [0, 0.05) is 11.1 Å². The molecule has 0 fully saturated rings. The van der Waals surface area contributed by atoms with E-state index in [1.165, 1.54) is 5.56 Å². The van der Waals surface area contributed by atoms with Crippen molar-refractivity contribution in [3.63, 3.8) is 0 Å². The van der Waals surface area contributed by atoms with Gasteiger partial charge in [-0.1, -0.05) is 119 Å². The molecule has 1 heterocycles. The predicted molar refractivity (Wildman–Crippen MR) is 153 cm³/mol. The second-order valence-corrected chi connectivity index (χ2v) is 7.48. The molecule has 0 spiro atoms. The molecule has 2 aromatic carbocycles. The highest BCUT2D eigenvalue weighted by molar-refractivity contribution is 5.93. The van der Waals surface area contributed by atoms with E-state index in [9.17, 15) is 4.79 Å². The van der Waals surface area contributed by atoms with Gasteiger partial charge in [-0.25, -0.2) is 9.79 Å². The van der Waals surface area contributed by atoms with Crippen LogP contribution >= 0.6 is 0 Å². The van der Waals surface area contributed by atoms with E-state index in [4.69, 9.17) is 9.84 Å². The molecule has 0 radical (unpaired) electrons. The Balaban J connectivity index is 0.000000442. The van der Waals surface area contributed by atoms with Gasteiger partial charge in [0.1, 0.15) is 6.61 Å². The van der Waals surface area contributed by atoms with Gasteiger partial charge in [-0.2, -0.15) is 0 Å². The van der Waals surface area contributed by atoms with E-state index in [-0.39, 0.29) is 0 Å². The number of carboxylic acids is 1. The van der Waals surface area contributed by atoms with Crippen LogP contribution in [0.2, 0.25) is 0 Å². The molecule has 0 saturated carbocycles. The van der Waals surface area contributed by atoms with Crippen molar-refractivity contribution in [3.8, 4) is 0 Å². The zero-order chi connectivity index (χ0) is 26.5. The van der Waals surface area contributed by atoms with E-state index in [0.29, 0.717) is 12.0 Å². The van der Waals surface area contributed by atoms with Crippen LogP contribution < -0.4 is 0 Å². The van der Waals surface area contributed by atoms with Crippen LogP contribution in [0.1, 0.15) is 49.8 Å². The number of nitrogens with zero attached hydrogens (tertiary/aromatic N) is 1. The maximum atomic E-state index is 10.1. The van der Waals surface area contributed by atoms with Crippen molar-refractivity contribution in [1.29, 1.82) is 0 Å². The van der Waals surface area contributed by atoms with E-state index >= 15 is 0 Å². The Bertz CT molecular complexity index is 960. The standard InChI is InChI=1S/C10H10.C8H8.C7H12O2.C6H9NO/c1-3-9-7-5-6-8-10(9)4-2;1-2-8-6-4-3-5-7-8;1-3-4-5-6(2)7(8)9;1-5(2)6-7-3-4-8-6/h3-8H,1-2H2;2-7H,1H2;2-5H2,1H3,(H,8,9);1,3-4H2,2H3. The van der Waals surface area contributed by atoms with Gasteiger partial charge in [-0.3, -0.25) is 0 Å². The summed E-state index contributed by atoms with van der Waals surface area (Å²) in [5, 5.41) is 8.31. The molecule has 1 aliphatic rings. The normalized spacial score (nSPS) is 10.7. The maximum absolute atomic E-state index is 10.1. The first-order valence-corrected chi connectivity index (χ1v) is 11.6. The highest BCUT2D eigenvalue weighted by Gasteiger charge is 2.05. The van der Waals surface area contributed by atoms with Gasteiger partial charge in [0.2, 0.25) is 5.90 Å². The van der Waals surface area contributed by atoms with Gasteiger partial charge in [0.25, 0.3) is 0 Å². The molecule has 1 N–H and O–H groups in total. The molecule has 186 valence electrons. The van der Waals surface area contributed by atoms with Crippen molar-refractivity contribution < 1.29 is 14.6 Å². The van der Waals surface area contributed by atoms with Crippen LogP contribution in [0.15, 0.2) is 104 Å². The number of rotatable bonds is 8. The monoisotopic (exact) mass is 473 g/mol. The lowest BCUT2D eigenvalue weighted by atomic mass is 10.1. The number of carbonyl (C=O) groups is 1. The third kappa shape index (κ3) is 14.8. The zero-order valence-electron chi connectivity index (χ0n) is 21.2. The number of carboxylic acid groups (broad SMARTS) is 1. The van der Waals surface area contributed by atoms with Gasteiger partial charge in [-0.05, 0) is 36.5 Å². The third-order valence-corrected chi connectivity index (χ3v) is 4.56. The summed E-state index contributed by atoms with van der Waals surface area (Å²) >= 11 is 0. The smallest absolute Gasteiger partial charge is 0.330 e. The van der Waals surface area contributed by atoms with E-state index in [1.807, 2.05) is 86.7 Å². The molecule has 4 nitrogen and oxygen atoms in total. The summed E-state index contributed by atoms with van der Waals surface area (Å²) in [5.74, 6) is -0.145. The fourth-order valence-corrected chi connectivity index (χ4v) is 2.56. The largest absolute Gasteiger partial charge is 0.478 e. The first kappa shape index (κ1) is 31.1. The summed E-state index contributed by atoms with van der Waals surface area (Å²) < 4.78 is 5.06. The van der Waals surface area contributed by atoms with E-state index in [2.05, 4.69) is 37.9 Å². The summed E-state index contributed by atoms with van der Waals surface area (Å²) in [6.45, 7) is 23.5. The molecule has 0 unspecified atom stereocenters. The van der Waals surface area contributed by atoms with E-state index in [0.717, 1.165) is 48.6 Å². The molecule has 4 heteroatoms. The first-order chi connectivity index (χ1) is 16.8. The highest BCUT2D eigenvalue weighted by atomic mass is 16.5. The van der Waals surface area contributed by atoms with Crippen LogP contribution in [0.25, 0.3) is 18.2 Å². The zero-order valence-corrected chi connectivity index (χ0v) is 21.2. The minimum absolute atomic E-state index is 0.317. The fourth-order valence-electron chi connectivity index (χ4n) is 2.56. The summed E-state index contributed by atoms with van der Waals surface area (Å²) in [4.78, 5) is 14.1. The van der Waals surface area contributed by atoms with Crippen LogP contribution in [0.4, 0.5) is 0 Å². The van der Waals surface area contributed by atoms with Crippen molar-refractivity contribution in [2.24, 2.45) is 4.99 Å². The molecular formula is C31H39NO3. The molecule has 2 aromatic rings. The van der Waals surface area contributed by atoms with Gasteiger partial charge < -0.3 is 9.84 Å². The Hall–Kier alpha value is -3.92. The number of aliphatic carboxylic acids is 1. The third-order valence-electron chi connectivity index (χ3n) is 4.56. The fraction of sp³-hybridized carbons (Fsp3) is 0.226. The molecule has 1 aliphatic heterocycles. The van der Waals surface area contributed by atoms with E-state index < -0.39 is 5.97 Å². The highest BCUT2D eigenvalue weighted by Crippen LogP contribution is 2.10. The maximum Gasteiger partial charge on any atom is 0.330 e. The molecule has 0 bridgehead atoms. The van der Waals surface area contributed by atoms with Crippen molar-refractivity contribution in [2.45, 2.75) is 33.1 Å². The summed E-state index contributed by atoms with van der Waals surface area (Å²) in [7, 11) is 0. The molecule has 35 heavy (non-hydrogen) atoms. The Labute approximate surface area is 211 Å². The number of unbranched alkanes of at least 4 members (excludes halogenated alkanes) is 1. The molecule has 0 saturated heterocycles. The number of benzene rings is 2. The Morgan fingerprint density at radius 3 is 1.83 bits per heavy atom. The molecular weight excluding hydrogens is 434 g/mol. The quantitative estimate of drug-likeness (QED) is 0.394. The molecule has 0 aliphatic carbocycles. The minimum atomic E-state index is -0.872. The van der Waals surface area contributed by atoms with Crippen molar-refractivity contribution in [3.05, 3.63) is 115 Å². The molecule has 0 amide bonds. The van der Waals surface area contributed by atoms with Crippen molar-refractivity contribution in [2.75, 3.05) is 13.2 Å². The van der Waals surface area contributed by atoms with Crippen LogP contribution in [0, 0.1) is 0 Å². The summed E-state index contributed by atoms with van der Waals surface area (Å²) in [5.41, 5.74) is 4.68. The van der Waals surface area contributed by atoms with Gasteiger partial charge in [0.05, 0.1) is 6.54 Å². The average Bonchev–Trinajstić information content (AvgIpc) is 3.44. The lowest BCUT2D eigenvalue weighted by molar-refractivity contribution is -0.132. The number of hydrogen-bond donors (Lipinski definition) is 1. The minimum Gasteiger partial charge on any atom is -0.478 e. The number of hydrogen-bond acceptors (Lipinski definition) is 3. The van der Waals surface area contributed by atoms with Crippen LogP contribution in [-0.2, 0) is 9.53 Å². The molecule has 3 rings (SSSR count).